The molecule has 3 aromatic rings. The van der Waals surface area contributed by atoms with Crippen molar-refractivity contribution in [3.05, 3.63) is 41.4 Å². The summed E-state index contributed by atoms with van der Waals surface area (Å²) >= 11 is 0. The fraction of sp³-hybridized carbons (Fsp3) is 0.500. The third-order valence-electron chi connectivity index (χ3n) is 6.00. The van der Waals surface area contributed by atoms with Crippen LogP contribution in [0.5, 0.6) is 0 Å². The minimum Gasteiger partial charge on any atom is -0.268 e. The Labute approximate surface area is 162 Å². The zero-order valence-corrected chi connectivity index (χ0v) is 16.4. The van der Waals surface area contributed by atoms with Gasteiger partial charge in [0.1, 0.15) is 11.2 Å². The van der Waals surface area contributed by atoms with Crippen molar-refractivity contribution in [2.24, 2.45) is 0 Å². The summed E-state index contributed by atoms with van der Waals surface area (Å²) in [6.45, 7) is 3.35. The molecule has 0 aromatic carbocycles. The van der Waals surface area contributed by atoms with Crippen LogP contribution in [0.4, 0.5) is 4.39 Å². The van der Waals surface area contributed by atoms with E-state index in [1.165, 1.54) is 17.0 Å². The van der Waals surface area contributed by atoms with E-state index >= 15 is 0 Å². The second-order valence-electron chi connectivity index (χ2n) is 7.51. The van der Waals surface area contributed by atoms with Gasteiger partial charge in [-0.1, -0.05) is 0 Å². The maximum atomic E-state index is 14.6. The van der Waals surface area contributed by atoms with E-state index < -0.39 is 10.0 Å². The Hall–Kier alpha value is -2.33. The highest BCUT2D eigenvalue weighted by Crippen LogP contribution is 2.34. The van der Waals surface area contributed by atoms with Crippen LogP contribution in [0.2, 0.25) is 0 Å². The number of piperidine rings is 1. The maximum Gasteiger partial charge on any atom is 0.246 e. The number of fused-ring (bicyclic) bond motifs is 2. The molecule has 5 rings (SSSR count). The number of hydrogen-bond donors (Lipinski definition) is 0. The number of halogens is 1. The summed E-state index contributed by atoms with van der Waals surface area (Å²) in [4.78, 5) is 4.29. The molecule has 5 heterocycles. The number of aromatic nitrogens is 5. The molecule has 0 aliphatic carbocycles. The minimum atomic E-state index is -3.55. The molecule has 8 nitrogen and oxygen atoms in total. The molecule has 28 heavy (non-hydrogen) atoms. The second-order valence-corrected chi connectivity index (χ2v) is 9.42. The maximum absolute atomic E-state index is 14.6. The van der Waals surface area contributed by atoms with E-state index in [9.17, 15) is 12.8 Å². The monoisotopic (exact) mass is 404 g/mol. The Morgan fingerprint density at radius 3 is 2.75 bits per heavy atom. The van der Waals surface area contributed by atoms with Crippen LogP contribution in [0.25, 0.3) is 5.65 Å². The van der Waals surface area contributed by atoms with Crippen molar-refractivity contribution in [3.8, 4) is 0 Å². The predicted octanol–water partition coefficient (Wildman–Crippen LogP) is 1.89. The molecule has 0 unspecified atom stereocenters. The van der Waals surface area contributed by atoms with Gasteiger partial charge in [-0.05, 0) is 49.7 Å². The molecule has 0 N–H and O–H groups in total. The number of pyridine rings is 1. The molecule has 148 valence electrons. The lowest BCUT2D eigenvalue weighted by Crippen LogP contribution is -2.38. The number of aryl methyl sites for hydroxylation is 1. The van der Waals surface area contributed by atoms with E-state index in [0.717, 1.165) is 30.6 Å². The summed E-state index contributed by atoms with van der Waals surface area (Å²) in [5.41, 5.74) is 2.48. The van der Waals surface area contributed by atoms with E-state index in [4.69, 9.17) is 0 Å². The van der Waals surface area contributed by atoms with Crippen molar-refractivity contribution in [1.82, 2.24) is 28.7 Å². The van der Waals surface area contributed by atoms with Crippen LogP contribution in [-0.2, 0) is 23.0 Å². The lowest BCUT2D eigenvalue weighted by molar-refractivity contribution is 0.318. The van der Waals surface area contributed by atoms with Crippen LogP contribution in [0.15, 0.2) is 23.6 Å². The Morgan fingerprint density at radius 2 is 1.96 bits per heavy atom. The molecule has 1 fully saturated rings. The average molecular weight is 404 g/mol. The molecule has 0 bridgehead atoms. The smallest absolute Gasteiger partial charge is 0.246 e. The second kappa shape index (κ2) is 6.35. The van der Waals surface area contributed by atoms with E-state index in [0.29, 0.717) is 36.4 Å². The van der Waals surface area contributed by atoms with Gasteiger partial charge in [-0.25, -0.2) is 22.3 Å². The Bertz CT molecular complexity index is 1160. The van der Waals surface area contributed by atoms with E-state index in [1.807, 2.05) is 6.20 Å². The SMILES string of the molecule is Cc1c(C2CCN(S(=O)(=O)c3cnn4c3CCC4)CC2)cn2ncnc2c1F. The highest BCUT2D eigenvalue weighted by molar-refractivity contribution is 7.89. The summed E-state index contributed by atoms with van der Waals surface area (Å²) in [6.07, 6.45) is 7.60. The van der Waals surface area contributed by atoms with Crippen LogP contribution in [-0.4, -0.2) is 50.2 Å². The number of sulfonamides is 1. The van der Waals surface area contributed by atoms with Crippen LogP contribution in [0.3, 0.4) is 0 Å². The molecule has 0 atom stereocenters. The summed E-state index contributed by atoms with van der Waals surface area (Å²) in [6, 6.07) is 0. The molecule has 2 aliphatic rings. The molecular formula is C18H21FN6O2S. The molecular weight excluding hydrogens is 383 g/mol. The quantitative estimate of drug-likeness (QED) is 0.666. The van der Waals surface area contributed by atoms with Gasteiger partial charge in [0.2, 0.25) is 10.0 Å². The first-order chi connectivity index (χ1) is 13.5. The first-order valence-corrected chi connectivity index (χ1v) is 10.9. The van der Waals surface area contributed by atoms with Crippen LogP contribution in [0.1, 0.15) is 42.0 Å². The molecule has 2 aliphatic heterocycles. The summed E-state index contributed by atoms with van der Waals surface area (Å²) in [7, 11) is -3.55. The van der Waals surface area contributed by atoms with Crippen molar-refractivity contribution < 1.29 is 12.8 Å². The number of hydrogen-bond acceptors (Lipinski definition) is 5. The van der Waals surface area contributed by atoms with E-state index in [2.05, 4.69) is 15.2 Å². The fourth-order valence-corrected chi connectivity index (χ4v) is 6.09. The van der Waals surface area contributed by atoms with Gasteiger partial charge in [-0.3, -0.25) is 4.68 Å². The third kappa shape index (κ3) is 2.58. The first kappa shape index (κ1) is 17.7. The van der Waals surface area contributed by atoms with Crippen molar-refractivity contribution in [2.75, 3.05) is 13.1 Å². The Kier molecular flexibility index (Phi) is 4.02. The summed E-state index contributed by atoms with van der Waals surface area (Å²) < 4.78 is 45.6. The Balaban J connectivity index is 1.39. The van der Waals surface area contributed by atoms with Crippen molar-refractivity contribution in [3.63, 3.8) is 0 Å². The topological polar surface area (TPSA) is 85.4 Å². The van der Waals surface area contributed by atoms with Gasteiger partial charge in [-0.15, -0.1) is 0 Å². The van der Waals surface area contributed by atoms with Gasteiger partial charge >= 0.3 is 0 Å². The van der Waals surface area contributed by atoms with Gasteiger partial charge in [-0.2, -0.15) is 14.5 Å². The van der Waals surface area contributed by atoms with Gasteiger partial charge < -0.3 is 0 Å². The highest BCUT2D eigenvalue weighted by atomic mass is 32.2. The molecule has 0 amide bonds. The molecule has 3 aromatic heterocycles. The molecule has 0 radical (unpaired) electrons. The lowest BCUT2D eigenvalue weighted by Gasteiger charge is -2.32. The van der Waals surface area contributed by atoms with Crippen molar-refractivity contribution in [2.45, 2.75) is 50.0 Å². The zero-order chi connectivity index (χ0) is 19.5. The van der Waals surface area contributed by atoms with Crippen LogP contribution in [0, 0.1) is 12.7 Å². The van der Waals surface area contributed by atoms with Gasteiger partial charge in [0.25, 0.3) is 0 Å². The lowest BCUT2D eigenvalue weighted by atomic mass is 9.88. The van der Waals surface area contributed by atoms with Gasteiger partial charge in [0.05, 0.1) is 11.9 Å². The van der Waals surface area contributed by atoms with E-state index in [-0.39, 0.29) is 17.4 Å². The molecule has 1 saturated heterocycles. The molecule has 0 saturated carbocycles. The van der Waals surface area contributed by atoms with Gasteiger partial charge in [0, 0.05) is 25.8 Å². The largest absolute Gasteiger partial charge is 0.268 e. The predicted molar refractivity (Wildman–Crippen MR) is 99.0 cm³/mol. The summed E-state index contributed by atoms with van der Waals surface area (Å²) in [5, 5.41) is 8.27. The van der Waals surface area contributed by atoms with Gasteiger partial charge in [0.15, 0.2) is 11.5 Å². The van der Waals surface area contributed by atoms with E-state index in [1.54, 1.807) is 15.9 Å². The highest BCUT2D eigenvalue weighted by Gasteiger charge is 2.34. The van der Waals surface area contributed by atoms with Crippen LogP contribution >= 0.6 is 0 Å². The number of nitrogens with zero attached hydrogens (tertiary/aromatic N) is 6. The summed E-state index contributed by atoms with van der Waals surface area (Å²) in [5.74, 6) is -0.270. The van der Waals surface area contributed by atoms with Crippen molar-refractivity contribution in [1.29, 1.82) is 0 Å². The van der Waals surface area contributed by atoms with Crippen molar-refractivity contribution >= 4 is 15.7 Å². The standard InChI is InChI=1S/C18H21FN6O2S/c1-12-14(10-25-18(17(12)19)20-11-22-25)13-4-7-23(8-5-13)28(26,27)16-9-21-24-6-2-3-15(16)24/h9-11,13H,2-8H2,1H3. The first-order valence-electron chi connectivity index (χ1n) is 9.50. The third-order valence-corrected chi connectivity index (χ3v) is 7.94. The Morgan fingerprint density at radius 1 is 1.18 bits per heavy atom. The minimum absolute atomic E-state index is 0.0902. The average Bonchev–Trinajstić information content (AvgIpc) is 3.41. The molecule has 10 heteroatoms. The molecule has 0 spiro atoms. The fourth-order valence-electron chi connectivity index (χ4n) is 4.43. The zero-order valence-electron chi connectivity index (χ0n) is 15.5. The number of rotatable bonds is 3. The normalized spacial score (nSPS) is 18.8. The van der Waals surface area contributed by atoms with Crippen LogP contribution < -0.4 is 0 Å².